The fourth-order valence-electron chi connectivity index (χ4n) is 2.33. The van der Waals surface area contributed by atoms with Crippen LogP contribution in [-0.4, -0.2) is 28.5 Å². The van der Waals surface area contributed by atoms with E-state index in [4.69, 9.17) is 9.52 Å². The number of aryl methyl sites for hydroxylation is 1. The molecule has 0 unspecified atom stereocenters. The van der Waals surface area contributed by atoms with Gasteiger partial charge in [0.25, 0.3) is 5.91 Å². The zero-order valence-corrected chi connectivity index (χ0v) is 14.5. The van der Waals surface area contributed by atoms with E-state index >= 15 is 0 Å². The molecule has 0 saturated carbocycles. The highest BCUT2D eigenvalue weighted by atomic mass is 32.1. The number of nitrogens with zero attached hydrogens (tertiary/aromatic N) is 1. The first-order chi connectivity index (χ1) is 11.6. The Balaban J connectivity index is 1.69. The molecular formula is C17H22N2O4S. The highest BCUT2D eigenvalue weighted by Gasteiger charge is 2.17. The summed E-state index contributed by atoms with van der Waals surface area (Å²) >= 11 is 1.44. The lowest BCUT2D eigenvalue weighted by atomic mass is 10.1. The molecule has 24 heavy (non-hydrogen) atoms. The SMILES string of the molecule is Cc1sc(-c2ccco2)nc1C(=O)NCCCCCCCC(=O)O. The lowest BCUT2D eigenvalue weighted by Crippen LogP contribution is -2.25. The number of carboxylic acids is 1. The normalized spacial score (nSPS) is 10.7. The minimum Gasteiger partial charge on any atom is -0.481 e. The van der Waals surface area contributed by atoms with Crippen LogP contribution in [0.5, 0.6) is 0 Å². The second-order valence-corrected chi connectivity index (χ2v) is 6.77. The molecule has 0 aliphatic rings. The molecule has 2 aromatic heterocycles. The molecule has 1 amide bonds. The summed E-state index contributed by atoms with van der Waals surface area (Å²) in [6, 6.07) is 3.62. The number of carbonyl (C=O) groups excluding carboxylic acids is 1. The van der Waals surface area contributed by atoms with E-state index in [9.17, 15) is 9.59 Å². The van der Waals surface area contributed by atoms with Crippen molar-refractivity contribution in [3.8, 4) is 10.8 Å². The molecule has 0 bridgehead atoms. The number of hydrogen-bond acceptors (Lipinski definition) is 5. The Morgan fingerprint density at radius 1 is 1.25 bits per heavy atom. The standard InChI is InChI=1S/C17H22N2O4S/c1-12-15(19-17(24-12)13-8-7-11-23-13)16(22)18-10-6-4-2-3-5-9-14(20)21/h7-8,11H,2-6,9-10H2,1H3,(H,18,22)(H,20,21). The van der Waals surface area contributed by atoms with E-state index in [1.807, 2.05) is 13.0 Å². The Morgan fingerprint density at radius 3 is 2.71 bits per heavy atom. The molecule has 0 spiro atoms. The van der Waals surface area contributed by atoms with Gasteiger partial charge in [-0.2, -0.15) is 0 Å². The van der Waals surface area contributed by atoms with E-state index in [2.05, 4.69) is 10.3 Å². The lowest BCUT2D eigenvalue weighted by Gasteiger charge is -2.04. The van der Waals surface area contributed by atoms with Crippen LogP contribution in [0.1, 0.15) is 53.9 Å². The van der Waals surface area contributed by atoms with Gasteiger partial charge < -0.3 is 14.8 Å². The van der Waals surface area contributed by atoms with Gasteiger partial charge in [-0.15, -0.1) is 11.3 Å². The van der Waals surface area contributed by atoms with Crippen molar-refractivity contribution in [3.63, 3.8) is 0 Å². The van der Waals surface area contributed by atoms with E-state index in [0.29, 0.717) is 23.0 Å². The summed E-state index contributed by atoms with van der Waals surface area (Å²) in [5.74, 6) is -0.231. The van der Waals surface area contributed by atoms with Crippen molar-refractivity contribution >= 4 is 23.2 Å². The average molecular weight is 350 g/mol. The molecule has 2 N–H and O–H groups in total. The number of hydrogen-bond donors (Lipinski definition) is 2. The molecule has 2 rings (SSSR count). The highest BCUT2D eigenvalue weighted by molar-refractivity contribution is 7.15. The van der Waals surface area contributed by atoms with Crippen LogP contribution in [0.2, 0.25) is 0 Å². The first-order valence-electron chi connectivity index (χ1n) is 8.09. The molecule has 0 aliphatic carbocycles. The summed E-state index contributed by atoms with van der Waals surface area (Å²) in [6.07, 6.45) is 6.30. The highest BCUT2D eigenvalue weighted by Crippen LogP contribution is 2.27. The van der Waals surface area contributed by atoms with Crippen LogP contribution in [0.3, 0.4) is 0 Å². The molecule has 0 fully saturated rings. The van der Waals surface area contributed by atoms with Gasteiger partial charge >= 0.3 is 5.97 Å². The number of nitrogens with one attached hydrogen (secondary N) is 1. The molecule has 0 radical (unpaired) electrons. The van der Waals surface area contributed by atoms with E-state index < -0.39 is 5.97 Å². The maximum Gasteiger partial charge on any atom is 0.303 e. The van der Waals surface area contributed by atoms with Crippen LogP contribution >= 0.6 is 11.3 Å². The Morgan fingerprint density at radius 2 is 2.00 bits per heavy atom. The number of aromatic nitrogens is 1. The van der Waals surface area contributed by atoms with Crippen molar-refractivity contribution in [1.82, 2.24) is 10.3 Å². The third-order valence-corrected chi connectivity index (χ3v) is 4.58. The summed E-state index contributed by atoms with van der Waals surface area (Å²) in [4.78, 5) is 27.8. The van der Waals surface area contributed by atoms with Crippen LogP contribution in [0.25, 0.3) is 10.8 Å². The first-order valence-corrected chi connectivity index (χ1v) is 8.91. The van der Waals surface area contributed by atoms with E-state index in [-0.39, 0.29) is 12.3 Å². The molecule has 0 saturated heterocycles. The number of carboxylic acid groups (broad SMARTS) is 1. The number of amides is 1. The van der Waals surface area contributed by atoms with Crippen LogP contribution in [0.15, 0.2) is 22.8 Å². The fraction of sp³-hybridized carbons (Fsp3) is 0.471. The predicted molar refractivity (Wildman–Crippen MR) is 92.2 cm³/mol. The minimum atomic E-state index is -0.741. The second kappa shape index (κ2) is 9.22. The summed E-state index contributed by atoms with van der Waals surface area (Å²) < 4.78 is 5.31. The van der Waals surface area contributed by atoms with Crippen molar-refractivity contribution < 1.29 is 19.1 Å². The molecule has 0 aromatic carbocycles. The van der Waals surface area contributed by atoms with Gasteiger partial charge in [0.2, 0.25) is 0 Å². The van der Waals surface area contributed by atoms with Crippen LogP contribution < -0.4 is 5.32 Å². The van der Waals surface area contributed by atoms with E-state index in [0.717, 1.165) is 37.0 Å². The maximum atomic E-state index is 12.2. The lowest BCUT2D eigenvalue weighted by molar-refractivity contribution is -0.137. The topological polar surface area (TPSA) is 92.4 Å². The number of rotatable bonds is 10. The van der Waals surface area contributed by atoms with Gasteiger partial charge in [-0.1, -0.05) is 19.3 Å². The number of carbonyl (C=O) groups is 2. The minimum absolute atomic E-state index is 0.160. The Hall–Kier alpha value is -2.15. The molecular weight excluding hydrogens is 328 g/mol. The molecule has 6 nitrogen and oxygen atoms in total. The summed E-state index contributed by atoms with van der Waals surface area (Å²) in [7, 11) is 0. The zero-order chi connectivity index (χ0) is 17.4. The summed E-state index contributed by atoms with van der Waals surface area (Å²) in [5, 5.41) is 12.1. The van der Waals surface area contributed by atoms with Gasteiger partial charge in [0, 0.05) is 17.8 Å². The summed E-state index contributed by atoms with van der Waals surface area (Å²) in [6.45, 7) is 2.48. The van der Waals surface area contributed by atoms with Gasteiger partial charge in [0.15, 0.2) is 10.8 Å². The van der Waals surface area contributed by atoms with Crippen LogP contribution in [0.4, 0.5) is 0 Å². The van der Waals surface area contributed by atoms with E-state index in [1.165, 1.54) is 11.3 Å². The van der Waals surface area contributed by atoms with Crippen LogP contribution in [-0.2, 0) is 4.79 Å². The van der Waals surface area contributed by atoms with Gasteiger partial charge in [-0.25, -0.2) is 4.98 Å². The number of aliphatic carboxylic acids is 1. The first kappa shape index (κ1) is 18.2. The molecule has 2 heterocycles. The third-order valence-electron chi connectivity index (χ3n) is 3.60. The van der Waals surface area contributed by atoms with Crippen molar-refractivity contribution in [2.45, 2.75) is 45.4 Å². The molecule has 2 aromatic rings. The van der Waals surface area contributed by atoms with Crippen molar-refractivity contribution in [3.05, 3.63) is 29.0 Å². The third kappa shape index (κ3) is 5.49. The van der Waals surface area contributed by atoms with Gasteiger partial charge in [-0.05, 0) is 31.9 Å². The Bertz CT molecular complexity index is 664. The molecule has 130 valence electrons. The van der Waals surface area contributed by atoms with Crippen molar-refractivity contribution in [2.75, 3.05) is 6.54 Å². The number of thiazole rings is 1. The second-order valence-electron chi connectivity index (χ2n) is 5.57. The number of unbranched alkanes of at least 4 members (excludes halogenated alkanes) is 4. The van der Waals surface area contributed by atoms with E-state index in [1.54, 1.807) is 12.3 Å². The van der Waals surface area contributed by atoms with Gasteiger partial charge in [0.05, 0.1) is 6.26 Å². The fourth-order valence-corrected chi connectivity index (χ4v) is 3.21. The van der Waals surface area contributed by atoms with Crippen molar-refractivity contribution in [1.29, 1.82) is 0 Å². The zero-order valence-electron chi connectivity index (χ0n) is 13.7. The largest absolute Gasteiger partial charge is 0.481 e. The number of furan rings is 1. The Kier molecular flexibility index (Phi) is 6.99. The van der Waals surface area contributed by atoms with Gasteiger partial charge in [0.1, 0.15) is 5.69 Å². The quantitative estimate of drug-likeness (QED) is 0.635. The monoisotopic (exact) mass is 350 g/mol. The molecule has 7 heteroatoms. The van der Waals surface area contributed by atoms with Crippen LogP contribution in [0, 0.1) is 6.92 Å². The Labute approximate surface area is 144 Å². The molecule has 0 atom stereocenters. The predicted octanol–water partition coefficient (Wildman–Crippen LogP) is 3.87. The average Bonchev–Trinajstić information content (AvgIpc) is 3.18. The summed E-state index contributed by atoms with van der Waals surface area (Å²) in [5.41, 5.74) is 0.452. The van der Waals surface area contributed by atoms with Crippen molar-refractivity contribution in [2.24, 2.45) is 0 Å². The smallest absolute Gasteiger partial charge is 0.303 e. The van der Waals surface area contributed by atoms with Gasteiger partial charge in [-0.3, -0.25) is 9.59 Å². The molecule has 0 aliphatic heterocycles. The maximum absolute atomic E-state index is 12.2.